The van der Waals surface area contributed by atoms with Crippen LogP contribution in [-0.2, 0) is 4.74 Å². The second-order valence-corrected chi connectivity index (χ2v) is 5.66. The van der Waals surface area contributed by atoms with Gasteiger partial charge in [-0.1, -0.05) is 20.8 Å². The molecule has 2 nitrogen and oxygen atoms in total. The van der Waals surface area contributed by atoms with Crippen LogP contribution in [0.3, 0.4) is 0 Å². The van der Waals surface area contributed by atoms with Crippen molar-refractivity contribution in [2.75, 3.05) is 13.2 Å². The predicted molar refractivity (Wildman–Crippen MR) is 53.6 cm³/mol. The highest BCUT2D eigenvalue weighted by atomic mass is 16.5. The van der Waals surface area contributed by atoms with E-state index in [1.807, 2.05) is 6.92 Å². The van der Waals surface area contributed by atoms with E-state index in [-0.39, 0.29) is 5.41 Å². The first kappa shape index (κ1) is 11.0. The Morgan fingerprint density at radius 2 is 1.92 bits per heavy atom. The van der Waals surface area contributed by atoms with E-state index in [2.05, 4.69) is 20.8 Å². The third-order valence-corrected chi connectivity index (χ3v) is 2.70. The molecule has 1 rings (SSSR count). The van der Waals surface area contributed by atoms with E-state index in [1.54, 1.807) is 0 Å². The Morgan fingerprint density at radius 1 is 1.31 bits per heavy atom. The molecule has 0 amide bonds. The molecule has 2 atom stereocenters. The summed E-state index contributed by atoms with van der Waals surface area (Å²) >= 11 is 0. The standard InChI is InChI=1S/C11H22O2/c1-10(2,3)8-11(4,12)9-5-6-13-7-9/h9,12H,5-8H2,1-4H3. The Morgan fingerprint density at radius 3 is 2.31 bits per heavy atom. The third kappa shape index (κ3) is 3.28. The summed E-state index contributed by atoms with van der Waals surface area (Å²) in [5, 5.41) is 10.3. The highest BCUT2D eigenvalue weighted by Gasteiger charge is 2.37. The van der Waals surface area contributed by atoms with Crippen molar-refractivity contribution in [2.24, 2.45) is 11.3 Å². The van der Waals surface area contributed by atoms with Crippen molar-refractivity contribution in [1.29, 1.82) is 0 Å². The van der Waals surface area contributed by atoms with Crippen molar-refractivity contribution in [3.05, 3.63) is 0 Å². The number of ether oxygens (including phenoxy) is 1. The molecule has 0 aromatic heterocycles. The fraction of sp³-hybridized carbons (Fsp3) is 1.00. The summed E-state index contributed by atoms with van der Waals surface area (Å²) in [6.45, 7) is 9.97. The van der Waals surface area contributed by atoms with E-state index < -0.39 is 5.60 Å². The number of hydrogen-bond donors (Lipinski definition) is 1. The highest BCUT2D eigenvalue weighted by Crippen LogP contribution is 2.35. The van der Waals surface area contributed by atoms with Gasteiger partial charge in [0.1, 0.15) is 0 Å². The summed E-state index contributed by atoms with van der Waals surface area (Å²) in [5.41, 5.74) is -0.374. The molecule has 0 spiro atoms. The van der Waals surface area contributed by atoms with E-state index in [0.29, 0.717) is 5.92 Å². The average Bonchev–Trinajstić information content (AvgIpc) is 2.29. The number of aliphatic hydroxyl groups is 1. The second-order valence-electron chi connectivity index (χ2n) is 5.66. The lowest BCUT2D eigenvalue weighted by Gasteiger charge is -2.35. The molecule has 0 radical (unpaired) electrons. The lowest BCUT2D eigenvalue weighted by Crippen LogP contribution is -2.38. The summed E-state index contributed by atoms with van der Waals surface area (Å²) < 4.78 is 5.30. The fourth-order valence-corrected chi connectivity index (χ4v) is 2.24. The zero-order valence-corrected chi connectivity index (χ0v) is 9.26. The predicted octanol–water partition coefficient (Wildman–Crippen LogP) is 2.21. The SMILES string of the molecule is CC(C)(C)CC(C)(O)C1CCOC1. The lowest BCUT2D eigenvalue weighted by atomic mass is 9.76. The van der Waals surface area contributed by atoms with Gasteiger partial charge in [0.15, 0.2) is 0 Å². The molecule has 2 heteroatoms. The summed E-state index contributed by atoms with van der Waals surface area (Å²) in [7, 11) is 0. The minimum atomic E-state index is -0.561. The molecule has 0 aromatic carbocycles. The smallest absolute Gasteiger partial charge is 0.0675 e. The van der Waals surface area contributed by atoms with Crippen LogP contribution in [0.25, 0.3) is 0 Å². The first-order chi connectivity index (χ1) is 5.81. The minimum absolute atomic E-state index is 0.187. The zero-order valence-electron chi connectivity index (χ0n) is 9.26. The molecule has 1 N–H and O–H groups in total. The Kier molecular flexibility index (Phi) is 3.03. The highest BCUT2D eigenvalue weighted by molar-refractivity contribution is 4.88. The lowest BCUT2D eigenvalue weighted by molar-refractivity contribution is -0.0359. The molecular formula is C11H22O2. The first-order valence-electron chi connectivity index (χ1n) is 5.11. The van der Waals surface area contributed by atoms with Gasteiger partial charge in [0.2, 0.25) is 0 Å². The molecular weight excluding hydrogens is 164 g/mol. The van der Waals surface area contributed by atoms with Crippen molar-refractivity contribution < 1.29 is 9.84 Å². The Balaban J connectivity index is 2.53. The van der Waals surface area contributed by atoms with Crippen LogP contribution in [0.2, 0.25) is 0 Å². The summed E-state index contributed by atoms with van der Waals surface area (Å²) in [4.78, 5) is 0. The van der Waals surface area contributed by atoms with E-state index in [1.165, 1.54) is 0 Å². The maximum atomic E-state index is 10.3. The monoisotopic (exact) mass is 186 g/mol. The molecule has 1 saturated heterocycles. The van der Waals surface area contributed by atoms with Gasteiger partial charge in [-0.05, 0) is 25.2 Å². The number of hydrogen-bond acceptors (Lipinski definition) is 2. The Labute approximate surface area is 81.3 Å². The topological polar surface area (TPSA) is 29.5 Å². The van der Waals surface area contributed by atoms with Crippen LogP contribution in [0.15, 0.2) is 0 Å². The summed E-state index contributed by atoms with van der Waals surface area (Å²) in [6, 6.07) is 0. The van der Waals surface area contributed by atoms with Crippen LogP contribution >= 0.6 is 0 Å². The van der Waals surface area contributed by atoms with Gasteiger partial charge in [-0.3, -0.25) is 0 Å². The van der Waals surface area contributed by atoms with Gasteiger partial charge in [-0.2, -0.15) is 0 Å². The van der Waals surface area contributed by atoms with Crippen LogP contribution in [-0.4, -0.2) is 23.9 Å². The van der Waals surface area contributed by atoms with Crippen LogP contribution in [0.5, 0.6) is 0 Å². The van der Waals surface area contributed by atoms with Gasteiger partial charge < -0.3 is 9.84 Å². The summed E-state index contributed by atoms with van der Waals surface area (Å²) in [5.74, 6) is 0.326. The molecule has 13 heavy (non-hydrogen) atoms. The van der Waals surface area contributed by atoms with Crippen LogP contribution in [0.1, 0.15) is 40.5 Å². The quantitative estimate of drug-likeness (QED) is 0.716. The maximum Gasteiger partial charge on any atom is 0.0675 e. The largest absolute Gasteiger partial charge is 0.390 e. The molecule has 1 aliphatic heterocycles. The Bertz CT molecular complexity index is 161. The van der Waals surface area contributed by atoms with Crippen molar-refractivity contribution in [3.63, 3.8) is 0 Å². The molecule has 0 aliphatic carbocycles. The van der Waals surface area contributed by atoms with Crippen LogP contribution in [0.4, 0.5) is 0 Å². The third-order valence-electron chi connectivity index (χ3n) is 2.70. The van der Waals surface area contributed by atoms with Crippen molar-refractivity contribution in [3.8, 4) is 0 Å². The summed E-state index contributed by atoms with van der Waals surface area (Å²) in [6.07, 6.45) is 1.84. The normalized spacial score (nSPS) is 28.8. The van der Waals surface area contributed by atoms with Gasteiger partial charge in [0.05, 0.1) is 12.2 Å². The maximum absolute atomic E-state index is 10.3. The second kappa shape index (κ2) is 3.58. The van der Waals surface area contributed by atoms with E-state index in [9.17, 15) is 5.11 Å². The van der Waals surface area contributed by atoms with E-state index >= 15 is 0 Å². The first-order valence-corrected chi connectivity index (χ1v) is 5.11. The van der Waals surface area contributed by atoms with Crippen molar-refractivity contribution in [1.82, 2.24) is 0 Å². The van der Waals surface area contributed by atoms with Gasteiger partial charge in [0.25, 0.3) is 0 Å². The molecule has 78 valence electrons. The van der Waals surface area contributed by atoms with Gasteiger partial charge in [-0.25, -0.2) is 0 Å². The van der Waals surface area contributed by atoms with Crippen LogP contribution < -0.4 is 0 Å². The van der Waals surface area contributed by atoms with E-state index in [0.717, 1.165) is 26.1 Å². The van der Waals surface area contributed by atoms with Gasteiger partial charge >= 0.3 is 0 Å². The molecule has 0 saturated carbocycles. The van der Waals surface area contributed by atoms with Crippen LogP contribution in [0, 0.1) is 11.3 Å². The molecule has 0 bridgehead atoms. The molecule has 1 heterocycles. The molecule has 0 aromatic rings. The van der Waals surface area contributed by atoms with Gasteiger partial charge in [0, 0.05) is 12.5 Å². The molecule has 1 fully saturated rings. The van der Waals surface area contributed by atoms with Crippen molar-refractivity contribution >= 4 is 0 Å². The molecule has 1 aliphatic rings. The van der Waals surface area contributed by atoms with E-state index in [4.69, 9.17) is 4.74 Å². The Hall–Kier alpha value is -0.0800. The van der Waals surface area contributed by atoms with Gasteiger partial charge in [-0.15, -0.1) is 0 Å². The fourth-order valence-electron chi connectivity index (χ4n) is 2.24. The van der Waals surface area contributed by atoms with Crippen molar-refractivity contribution in [2.45, 2.75) is 46.1 Å². The number of rotatable bonds is 2. The molecule has 2 unspecified atom stereocenters. The minimum Gasteiger partial charge on any atom is -0.390 e. The average molecular weight is 186 g/mol. The zero-order chi connectivity index (χ0) is 10.1.